The number of nitrogens with one attached hydrogen (secondary N) is 1. The lowest BCUT2D eigenvalue weighted by molar-refractivity contribution is -0.113. The van der Waals surface area contributed by atoms with Gasteiger partial charge in [0.25, 0.3) is 0 Å². The molecule has 1 aliphatic rings. The van der Waals surface area contributed by atoms with Gasteiger partial charge in [-0.25, -0.2) is 18.4 Å². The Labute approximate surface area is 190 Å². The second kappa shape index (κ2) is 8.85. The van der Waals surface area contributed by atoms with Crippen molar-refractivity contribution in [1.82, 2.24) is 14.3 Å². The van der Waals surface area contributed by atoms with Crippen molar-refractivity contribution in [1.29, 1.82) is 0 Å². The summed E-state index contributed by atoms with van der Waals surface area (Å²) in [5, 5.41) is 4.61. The van der Waals surface area contributed by atoms with Crippen molar-refractivity contribution >= 4 is 54.9 Å². The lowest BCUT2D eigenvalue weighted by atomic mass is 10.2. The third-order valence-corrected chi connectivity index (χ3v) is 9.24. The van der Waals surface area contributed by atoms with Crippen molar-refractivity contribution in [3.63, 3.8) is 0 Å². The monoisotopic (exact) mass is 476 g/mol. The van der Waals surface area contributed by atoms with E-state index in [0.717, 1.165) is 33.6 Å². The van der Waals surface area contributed by atoms with E-state index in [4.69, 9.17) is 0 Å². The molecule has 4 rings (SSSR count). The van der Waals surface area contributed by atoms with E-state index in [1.807, 2.05) is 13.8 Å². The normalized spacial score (nSPS) is 14.9. The molecule has 0 unspecified atom stereocenters. The number of aromatic nitrogens is 2. The van der Waals surface area contributed by atoms with Gasteiger partial charge < -0.3 is 5.32 Å². The average Bonchev–Trinajstić information content (AvgIpc) is 3.36. The van der Waals surface area contributed by atoms with E-state index in [-0.39, 0.29) is 16.6 Å². The van der Waals surface area contributed by atoms with Gasteiger partial charge >= 0.3 is 0 Å². The van der Waals surface area contributed by atoms with E-state index in [1.54, 1.807) is 29.5 Å². The van der Waals surface area contributed by atoms with Crippen molar-refractivity contribution in [3.8, 4) is 0 Å². The maximum absolute atomic E-state index is 12.8. The first-order valence-electron chi connectivity index (χ1n) is 10.0. The molecular weight excluding hydrogens is 452 g/mol. The maximum atomic E-state index is 12.8. The molecule has 3 aromatic rings. The first-order chi connectivity index (χ1) is 14.8. The van der Waals surface area contributed by atoms with Crippen LogP contribution in [0, 0.1) is 20.8 Å². The number of amides is 1. The number of thiophene rings is 1. The fraction of sp³-hybridized carbons (Fsp3) is 0.381. The summed E-state index contributed by atoms with van der Waals surface area (Å²) in [5.74, 6) is 0.634. The van der Waals surface area contributed by atoms with E-state index < -0.39 is 10.0 Å². The standard InChI is InChI=1S/C21H24N4O3S3/c1-13-14(2)30-21-19(13)20(22-15(3)23-21)29-12-18(26)24-16-7-6-8-17(11-16)31(27,28)25-9-4-5-10-25/h6-8,11H,4-5,9-10,12H2,1-3H3,(H,24,26). The van der Waals surface area contributed by atoms with Crippen molar-refractivity contribution in [2.75, 3.05) is 24.2 Å². The summed E-state index contributed by atoms with van der Waals surface area (Å²) in [6.07, 6.45) is 1.76. The second-order valence-electron chi connectivity index (χ2n) is 7.52. The van der Waals surface area contributed by atoms with Crippen LogP contribution in [0.1, 0.15) is 29.1 Å². The number of fused-ring (bicyclic) bond motifs is 1. The summed E-state index contributed by atoms with van der Waals surface area (Å²) < 4.78 is 27.0. The minimum Gasteiger partial charge on any atom is -0.325 e. The molecule has 3 heterocycles. The molecular formula is C21H24N4O3S3. The third-order valence-electron chi connectivity index (χ3n) is 5.27. The lowest BCUT2D eigenvalue weighted by Crippen LogP contribution is -2.28. The van der Waals surface area contributed by atoms with Crippen LogP contribution in [0.5, 0.6) is 0 Å². The number of benzene rings is 1. The molecule has 0 saturated carbocycles. The fourth-order valence-corrected chi connectivity index (χ4v) is 7.20. The fourth-order valence-electron chi connectivity index (χ4n) is 3.56. The largest absolute Gasteiger partial charge is 0.325 e. The van der Waals surface area contributed by atoms with Gasteiger partial charge in [-0.2, -0.15) is 4.31 Å². The average molecular weight is 477 g/mol. The summed E-state index contributed by atoms with van der Waals surface area (Å²) in [5.41, 5.74) is 1.61. The van der Waals surface area contributed by atoms with Crippen LogP contribution in [0.4, 0.5) is 5.69 Å². The molecule has 1 N–H and O–H groups in total. The summed E-state index contributed by atoms with van der Waals surface area (Å²) >= 11 is 3.00. The number of sulfonamides is 1. The molecule has 0 bridgehead atoms. The van der Waals surface area contributed by atoms with Crippen LogP contribution in [0.2, 0.25) is 0 Å². The molecule has 164 valence electrons. The van der Waals surface area contributed by atoms with Gasteiger partial charge in [-0.15, -0.1) is 11.3 Å². The van der Waals surface area contributed by atoms with Crippen molar-refractivity contribution in [2.45, 2.75) is 43.5 Å². The molecule has 0 spiro atoms. The van der Waals surface area contributed by atoms with Gasteiger partial charge in [0.2, 0.25) is 15.9 Å². The summed E-state index contributed by atoms with van der Waals surface area (Å²) in [4.78, 5) is 24.0. The quantitative estimate of drug-likeness (QED) is 0.425. The predicted octanol–water partition coefficient (Wildman–Crippen LogP) is 4.13. The number of rotatable bonds is 6. The Morgan fingerprint density at radius 1 is 1.19 bits per heavy atom. The molecule has 7 nitrogen and oxygen atoms in total. The van der Waals surface area contributed by atoms with Crippen LogP contribution in [0.25, 0.3) is 10.2 Å². The van der Waals surface area contributed by atoms with Crippen molar-refractivity contribution in [2.24, 2.45) is 0 Å². The van der Waals surface area contributed by atoms with Crippen LogP contribution < -0.4 is 5.32 Å². The Bertz CT molecular complexity index is 1250. The van der Waals surface area contributed by atoms with Gasteiger partial charge in [0, 0.05) is 29.0 Å². The number of hydrogen-bond acceptors (Lipinski definition) is 7. The summed E-state index contributed by atoms with van der Waals surface area (Å²) in [6.45, 7) is 7.04. The summed E-state index contributed by atoms with van der Waals surface area (Å²) in [7, 11) is -3.52. The number of anilines is 1. The van der Waals surface area contributed by atoms with Gasteiger partial charge in [0.05, 0.1) is 10.6 Å². The highest BCUT2D eigenvalue weighted by Gasteiger charge is 2.27. The predicted molar refractivity (Wildman–Crippen MR) is 125 cm³/mol. The maximum Gasteiger partial charge on any atom is 0.243 e. The first-order valence-corrected chi connectivity index (χ1v) is 13.3. The molecule has 1 saturated heterocycles. The van der Waals surface area contributed by atoms with E-state index in [9.17, 15) is 13.2 Å². The van der Waals surface area contributed by atoms with Crippen LogP contribution >= 0.6 is 23.1 Å². The van der Waals surface area contributed by atoms with Gasteiger partial charge in [0.15, 0.2) is 0 Å². The number of carbonyl (C=O) groups excluding carboxylic acids is 1. The van der Waals surface area contributed by atoms with Crippen molar-refractivity contribution < 1.29 is 13.2 Å². The smallest absolute Gasteiger partial charge is 0.243 e. The van der Waals surface area contributed by atoms with E-state index in [2.05, 4.69) is 22.2 Å². The number of thioether (sulfide) groups is 1. The number of aryl methyl sites for hydroxylation is 3. The Morgan fingerprint density at radius 2 is 1.94 bits per heavy atom. The minimum absolute atomic E-state index is 0.170. The van der Waals surface area contributed by atoms with Gasteiger partial charge in [0.1, 0.15) is 15.7 Å². The molecule has 1 aromatic carbocycles. The number of nitrogens with zero attached hydrogens (tertiary/aromatic N) is 3. The second-order valence-corrected chi connectivity index (χ2v) is 11.6. The topological polar surface area (TPSA) is 92.3 Å². The molecule has 1 amide bonds. The Hall–Kier alpha value is -2.01. The molecule has 31 heavy (non-hydrogen) atoms. The molecule has 0 radical (unpaired) electrons. The zero-order valence-corrected chi connectivity index (χ0v) is 20.1. The van der Waals surface area contributed by atoms with Gasteiger partial charge in [-0.05, 0) is 57.4 Å². The van der Waals surface area contributed by atoms with E-state index >= 15 is 0 Å². The Balaban J connectivity index is 1.47. The van der Waals surface area contributed by atoms with Crippen LogP contribution in [0.3, 0.4) is 0 Å². The van der Waals surface area contributed by atoms with Crippen LogP contribution in [-0.4, -0.2) is 47.4 Å². The highest BCUT2D eigenvalue weighted by molar-refractivity contribution is 8.00. The minimum atomic E-state index is -3.52. The first kappa shape index (κ1) is 22.2. The highest BCUT2D eigenvalue weighted by Crippen LogP contribution is 2.35. The number of hydrogen-bond donors (Lipinski definition) is 1. The SMILES string of the molecule is Cc1nc(SCC(=O)Nc2cccc(S(=O)(=O)N3CCCC3)c2)c2c(C)c(C)sc2n1. The van der Waals surface area contributed by atoms with Crippen LogP contribution in [-0.2, 0) is 14.8 Å². The molecule has 10 heteroatoms. The van der Waals surface area contributed by atoms with Gasteiger partial charge in [-0.3, -0.25) is 4.79 Å². The van der Waals surface area contributed by atoms with Gasteiger partial charge in [-0.1, -0.05) is 17.8 Å². The van der Waals surface area contributed by atoms with E-state index in [0.29, 0.717) is 24.6 Å². The molecule has 2 aromatic heterocycles. The zero-order chi connectivity index (χ0) is 22.2. The zero-order valence-electron chi connectivity index (χ0n) is 17.6. The third kappa shape index (κ3) is 4.62. The lowest BCUT2D eigenvalue weighted by Gasteiger charge is -2.16. The highest BCUT2D eigenvalue weighted by atomic mass is 32.2. The molecule has 0 aliphatic carbocycles. The molecule has 1 fully saturated rings. The summed E-state index contributed by atoms with van der Waals surface area (Å²) in [6, 6.07) is 6.45. The Kier molecular flexibility index (Phi) is 6.34. The number of carbonyl (C=O) groups is 1. The van der Waals surface area contributed by atoms with E-state index in [1.165, 1.54) is 27.0 Å². The molecule has 1 aliphatic heterocycles. The Morgan fingerprint density at radius 3 is 2.68 bits per heavy atom. The van der Waals surface area contributed by atoms with Crippen molar-refractivity contribution in [3.05, 3.63) is 40.5 Å². The van der Waals surface area contributed by atoms with Crippen LogP contribution in [0.15, 0.2) is 34.2 Å². The molecule has 0 atom stereocenters.